The minimum Gasteiger partial charge on any atom is -0.381 e. The van der Waals surface area contributed by atoms with E-state index in [9.17, 15) is 0 Å². The molecule has 1 atom stereocenters. The Morgan fingerprint density at radius 1 is 1.28 bits per heavy atom. The lowest BCUT2D eigenvalue weighted by Gasteiger charge is -2.15. The Labute approximate surface area is 182 Å². The smallest absolute Gasteiger partial charge is 0.139 e. The Morgan fingerprint density at radius 3 is 2.90 bits per heavy atom. The molecule has 0 N–H and O–H groups in total. The van der Waals surface area contributed by atoms with Crippen LogP contribution in [0.1, 0.15) is 6.42 Å². The van der Waals surface area contributed by atoms with Crippen molar-refractivity contribution in [2.75, 3.05) is 19.8 Å². The molecule has 5 nitrogen and oxygen atoms in total. The lowest BCUT2D eigenvalue weighted by atomic mass is 10.1. The first kappa shape index (κ1) is 20.8. The fourth-order valence-corrected chi connectivity index (χ4v) is 4.88. The number of hydrogen-bond donors (Lipinski definition) is 0. The van der Waals surface area contributed by atoms with Crippen molar-refractivity contribution in [3.63, 3.8) is 0 Å². The van der Waals surface area contributed by atoms with Crippen molar-refractivity contribution in [3.05, 3.63) is 41.3 Å². The van der Waals surface area contributed by atoms with Gasteiger partial charge in [0, 0.05) is 72.6 Å². The summed E-state index contributed by atoms with van der Waals surface area (Å²) in [4.78, 5) is 0. The first-order valence-electron chi connectivity index (χ1n) is 10.4. The summed E-state index contributed by atoms with van der Waals surface area (Å²) in [5.74, 6) is 0.588. The molecular weight excluding hydrogens is 446 g/mol. The average Bonchev–Trinajstić information content (AvgIpc) is 3.39. The molecule has 0 spiro atoms. The van der Waals surface area contributed by atoms with E-state index in [1.165, 1.54) is 22.5 Å². The van der Waals surface area contributed by atoms with Crippen molar-refractivity contribution < 1.29 is 9.47 Å². The molecule has 7 heteroatoms. The van der Waals surface area contributed by atoms with Crippen molar-refractivity contribution in [1.29, 1.82) is 0 Å². The molecule has 1 aliphatic heterocycles. The van der Waals surface area contributed by atoms with Crippen molar-refractivity contribution in [1.82, 2.24) is 14.3 Å². The van der Waals surface area contributed by atoms with Crippen LogP contribution < -0.4 is 0 Å². The maximum absolute atomic E-state index is 5.85. The number of hydrogen-bond acceptors (Lipinski definition) is 3. The summed E-state index contributed by atoms with van der Waals surface area (Å²) in [7, 11) is -1.06. The zero-order valence-electron chi connectivity index (χ0n) is 17.5. The number of rotatable bonds is 8. The molecule has 1 saturated heterocycles. The fraction of sp³-hybridized carbons (Fsp3) is 0.500. The zero-order valence-corrected chi connectivity index (χ0v) is 20.1. The van der Waals surface area contributed by atoms with Crippen LogP contribution in [0.5, 0.6) is 0 Å². The van der Waals surface area contributed by atoms with E-state index >= 15 is 0 Å². The quantitative estimate of drug-likeness (QED) is 0.313. The molecule has 3 aromatic rings. The lowest BCUT2D eigenvalue weighted by Crippen LogP contribution is -2.22. The van der Waals surface area contributed by atoms with E-state index in [0.29, 0.717) is 12.6 Å². The molecule has 0 radical (unpaired) electrons. The molecule has 4 rings (SSSR count). The Bertz CT molecular complexity index is 970. The second-order valence-corrected chi connectivity index (χ2v) is 15.7. The van der Waals surface area contributed by atoms with Gasteiger partial charge in [0.1, 0.15) is 6.73 Å². The van der Waals surface area contributed by atoms with E-state index in [2.05, 4.69) is 75.8 Å². The molecule has 0 saturated carbocycles. The fourth-order valence-electron chi connectivity index (χ4n) is 3.77. The average molecular weight is 476 g/mol. The Kier molecular flexibility index (Phi) is 6.29. The van der Waals surface area contributed by atoms with E-state index in [1.807, 2.05) is 10.9 Å². The Morgan fingerprint density at radius 2 is 2.14 bits per heavy atom. The third-order valence-electron chi connectivity index (χ3n) is 5.49. The molecule has 29 heavy (non-hydrogen) atoms. The molecule has 1 unspecified atom stereocenters. The number of ether oxygens (including phenoxy) is 2. The number of fused-ring (bicyclic) bond motifs is 1. The predicted octanol–water partition coefficient (Wildman–Crippen LogP) is 5.62. The maximum Gasteiger partial charge on any atom is 0.139 e. The highest BCUT2D eigenvalue weighted by Gasteiger charge is 2.19. The second-order valence-electron chi connectivity index (χ2n) is 9.20. The summed E-state index contributed by atoms with van der Waals surface area (Å²) < 4.78 is 16.8. The predicted molar refractivity (Wildman–Crippen MR) is 124 cm³/mol. The van der Waals surface area contributed by atoms with Gasteiger partial charge < -0.3 is 14.0 Å². The second kappa shape index (κ2) is 8.76. The summed E-state index contributed by atoms with van der Waals surface area (Å²) in [6.45, 7) is 11.2. The van der Waals surface area contributed by atoms with E-state index < -0.39 is 8.07 Å². The number of halogens is 1. The topological polar surface area (TPSA) is 41.2 Å². The van der Waals surface area contributed by atoms with Crippen molar-refractivity contribution >= 4 is 34.9 Å². The van der Waals surface area contributed by atoms with Crippen molar-refractivity contribution in [3.8, 4) is 11.1 Å². The summed E-state index contributed by atoms with van der Waals surface area (Å²) in [6, 6.07) is 7.69. The number of benzene rings is 1. The first-order chi connectivity index (χ1) is 13.9. The molecule has 0 bridgehead atoms. The SMILES string of the molecule is C[Si](C)(C)CCOCn1cc(-c2cn(CC3CCOC3)c3ccc(Br)cc23)cn1. The molecule has 1 aliphatic rings. The standard InChI is InChI=1S/C22H30BrN3O2Si/c1-29(2,3)9-8-28-16-26-13-18(11-24-26)21-14-25(12-17-6-7-27-15-17)22-5-4-19(23)10-20(21)22/h4-5,10-11,13-14,17H,6-9,12,15-16H2,1-3H3. The summed E-state index contributed by atoms with van der Waals surface area (Å²) in [6.07, 6.45) is 7.44. The lowest BCUT2D eigenvalue weighted by molar-refractivity contribution is 0.0786. The van der Waals surface area contributed by atoms with Gasteiger partial charge in [0.25, 0.3) is 0 Å². The van der Waals surface area contributed by atoms with Gasteiger partial charge in [0.15, 0.2) is 0 Å². The minimum atomic E-state index is -1.06. The van der Waals surface area contributed by atoms with Crippen molar-refractivity contribution in [2.24, 2.45) is 5.92 Å². The number of nitrogens with zero attached hydrogens (tertiary/aromatic N) is 3. The van der Waals surface area contributed by atoms with Gasteiger partial charge in [-0.05, 0) is 30.7 Å². The zero-order chi connectivity index (χ0) is 20.4. The summed E-state index contributed by atoms with van der Waals surface area (Å²) in [5, 5.41) is 5.78. The molecule has 0 amide bonds. The first-order valence-corrected chi connectivity index (χ1v) is 14.9. The molecule has 3 heterocycles. The maximum atomic E-state index is 5.85. The van der Waals surface area contributed by atoms with E-state index in [-0.39, 0.29) is 0 Å². The van der Waals surface area contributed by atoms with E-state index in [4.69, 9.17) is 9.47 Å². The van der Waals surface area contributed by atoms with Crippen LogP contribution in [0.4, 0.5) is 0 Å². The highest BCUT2D eigenvalue weighted by Crippen LogP contribution is 2.33. The Balaban J connectivity index is 1.54. The largest absolute Gasteiger partial charge is 0.381 e. The third kappa shape index (κ3) is 5.20. The normalized spacial score (nSPS) is 17.4. The minimum absolute atomic E-state index is 0.506. The van der Waals surface area contributed by atoms with Gasteiger partial charge >= 0.3 is 0 Å². The van der Waals surface area contributed by atoms with E-state index in [1.54, 1.807) is 0 Å². The van der Waals surface area contributed by atoms with Gasteiger partial charge in [0.2, 0.25) is 0 Å². The van der Waals surface area contributed by atoms with Crippen LogP contribution >= 0.6 is 15.9 Å². The van der Waals surface area contributed by atoms with Crippen LogP contribution in [0.3, 0.4) is 0 Å². The van der Waals surface area contributed by atoms with Crippen LogP contribution in [0.2, 0.25) is 25.7 Å². The van der Waals surface area contributed by atoms with E-state index in [0.717, 1.165) is 42.8 Å². The highest BCUT2D eigenvalue weighted by atomic mass is 79.9. The molecule has 1 aromatic carbocycles. The number of aromatic nitrogens is 3. The monoisotopic (exact) mass is 475 g/mol. The summed E-state index contributed by atoms with van der Waals surface area (Å²) >= 11 is 3.63. The van der Waals surface area contributed by atoms with Gasteiger partial charge in [-0.2, -0.15) is 5.10 Å². The van der Waals surface area contributed by atoms with Crippen LogP contribution in [0.15, 0.2) is 41.3 Å². The molecule has 156 valence electrons. The molecular formula is C22H30BrN3O2Si. The van der Waals surface area contributed by atoms with Gasteiger partial charge in [0.05, 0.1) is 12.8 Å². The van der Waals surface area contributed by atoms with Gasteiger partial charge in [-0.25, -0.2) is 4.68 Å². The van der Waals surface area contributed by atoms with Gasteiger partial charge in [-0.1, -0.05) is 35.6 Å². The van der Waals surface area contributed by atoms with Crippen LogP contribution in [0.25, 0.3) is 22.0 Å². The van der Waals surface area contributed by atoms with Crippen LogP contribution in [0, 0.1) is 5.92 Å². The molecule has 2 aromatic heterocycles. The van der Waals surface area contributed by atoms with Gasteiger partial charge in [-0.3, -0.25) is 0 Å². The molecule has 0 aliphatic carbocycles. The van der Waals surface area contributed by atoms with Crippen LogP contribution in [-0.4, -0.2) is 42.2 Å². The highest BCUT2D eigenvalue weighted by molar-refractivity contribution is 9.10. The van der Waals surface area contributed by atoms with Crippen LogP contribution in [-0.2, 0) is 22.7 Å². The third-order valence-corrected chi connectivity index (χ3v) is 7.68. The molecule has 1 fully saturated rings. The van der Waals surface area contributed by atoms with Gasteiger partial charge in [-0.15, -0.1) is 0 Å². The van der Waals surface area contributed by atoms with Crippen molar-refractivity contribution in [2.45, 2.75) is 45.4 Å². The summed E-state index contributed by atoms with van der Waals surface area (Å²) in [5.41, 5.74) is 3.60. The Hall–Kier alpha value is -1.41.